The fraction of sp³-hybridized carbons (Fsp3) is 0.500. The Morgan fingerprint density at radius 1 is 1.44 bits per heavy atom. The van der Waals surface area contributed by atoms with Crippen LogP contribution >= 0.6 is 0 Å². The number of rotatable bonds is 5. The summed E-state index contributed by atoms with van der Waals surface area (Å²) in [5, 5.41) is 3.18. The molecule has 0 aliphatic heterocycles. The summed E-state index contributed by atoms with van der Waals surface area (Å²) in [6.07, 6.45) is 3.48. The van der Waals surface area contributed by atoms with Gasteiger partial charge in [0, 0.05) is 18.4 Å². The molecule has 1 N–H and O–H groups in total. The van der Waals surface area contributed by atoms with Crippen molar-refractivity contribution in [2.45, 2.75) is 32.9 Å². The van der Waals surface area contributed by atoms with Gasteiger partial charge in [0.05, 0.1) is 6.61 Å². The first-order chi connectivity index (χ1) is 7.65. The highest BCUT2D eigenvalue weighted by Gasteiger charge is 2.16. The molecule has 0 radical (unpaired) electrons. The van der Waals surface area contributed by atoms with Crippen LogP contribution in [0.15, 0.2) is 24.5 Å². The fourth-order valence-electron chi connectivity index (χ4n) is 1.46. The zero-order valence-corrected chi connectivity index (χ0v) is 9.93. The van der Waals surface area contributed by atoms with Crippen molar-refractivity contribution in [3.05, 3.63) is 30.1 Å². The third-order valence-corrected chi connectivity index (χ3v) is 2.35. The van der Waals surface area contributed by atoms with Gasteiger partial charge in [0.2, 0.25) is 0 Å². The van der Waals surface area contributed by atoms with Crippen LogP contribution in [0.25, 0.3) is 0 Å². The Kier molecular flexibility index (Phi) is 4.92. The molecule has 0 aromatic carbocycles. The maximum atomic E-state index is 11.4. The van der Waals surface area contributed by atoms with Gasteiger partial charge < -0.3 is 4.74 Å². The summed E-state index contributed by atoms with van der Waals surface area (Å²) in [4.78, 5) is 15.4. The minimum atomic E-state index is -0.303. The SMILES string of the molecule is CCOC(=O)C(C)NC(C)c1ccncc1. The second kappa shape index (κ2) is 6.23. The third-order valence-electron chi connectivity index (χ3n) is 2.35. The van der Waals surface area contributed by atoms with Crippen molar-refractivity contribution in [3.8, 4) is 0 Å². The van der Waals surface area contributed by atoms with Gasteiger partial charge in [-0.05, 0) is 38.5 Å². The first-order valence-electron chi connectivity index (χ1n) is 5.47. The third kappa shape index (κ3) is 3.62. The van der Waals surface area contributed by atoms with Gasteiger partial charge in [0.25, 0.3) is 0 Å². The monoisotopic (exact) mass is 222 g/mol. The van der Waals surface area contributed by atoms with Crippen LogP contribution in [0.3, 0.4) is 0 Å². The predicted molar refractivity (Wildman–Crippen MR) is 61.9 cm³/mol. The van der Waals surface area contributed by atoms with Crippen molar-refractivity contribution in [1.82, 2.24) is 10.3 Å². The number of aromatic nitrogens is 1. The minimum Gasteiger partial charge on any atom is -0.465 e. The number of esters is 1. The van der Waals surface area contributed by atoms with E-state index in [4.69, 9.17) is 4.74 Å². The van der Waals surface area contributed by atoms with Crippen LogP contribution in [0.1, 0.15) is 32.4 Å². The van der Waals surface area contributed by atoms with Crippen molar-refractivity contribution < 1.29 is 9.53 Å². The number of carbonyl (C=O) groups excluding carboxylic acids is 1. The molecule has 0 bridgehead atoms. The summed E-state index contributed by atoms with van der Waals surface area (Å²) < 4.78 is 4.93. The molecule has 0 aliphatic carbocycles. The molecule has 1 aromatic rings. The lowest BCUT2D eigenvalue weighted by molar-refractivity contribution is -0.145. The van der Waals surface area contributed by atoms with Gasteiger partial charge in [0.15, 0.2) is 0 Å². The van der Waals surface area contributed by atoms with Gasteiger partial charge >= 0.3 is 5.97 Å². The summed E-state index contributed by atoms with van der Waals surface area (Å²) in [5.41, 5.74) is 1.10. The van der Waals surface area contributed by atoms with Gasteiger partial charge in [-0.15, -0.1) is 0 Å². The highest BCUT2D eigenvalue weighted by atomic mass is 16.5. The Hall–Kier alpha value is -1.42. The number of pyridine rings is 1. The number of nitrogens with zero attached hydrogens (tertiary/aromatic N) is 1. The van der Waals surface area contributed by atoms with Crippen LogP contribution in [-0.2, 0) is 9.53 Å². The maximum absolute atomic E-state index is 11.4. The Balaban J connectivity index is 2.51. The summed E-state index contributed by atoms with van der Waals surface area (Å²) in [6, 6.07) is 3.65. The lowest BCUT2D eigenvalue weighted by atomic mass is 10.1. The van der Waals surface area contributed by atoms with Crippen LogP contribution in [0.2, 0.25) is 0 Å². The van der Waals surface area contributed by atoms with Gasteiger partial charge in [-0.3, -0.25) is 15.1 Å². The van der Waals surface area contributed by atoms with E-state index in [1.807, 2.05) is 19.1 Å². The van der Waals surface area contributed by atoms with Crippen molar-refractivity contribution in [3.63, 3.8) is 0 Å². The number of carbonyl (C=O) groups is 1. The molecule has 1 heterocycles. The van der Waals surface area contributed by atoms with Crippen molar-refractivity contribution >= 4 is 5.97 Å². The van der Waals surface area contributed by atoms with Crippen molar-refractivity contribution in [2.75, 3.05) is 6.61 Å². The number of ether oxygens (including phenoxy) is 1. The van der Waals surface area contributed by atoms with Crippen LogP contribution in [0.4, 0.5) is 0 Å². The quantitative estimate of drug-likeness (QED) is 0.770. The highest BCUT2D eigenvalue weighted by molar-refractivity contribution is 5.75. The standard InChI is InChI=1S/C12H18N2O2/c1-4-16-12(15)10(3)14-9(2)11-5-7-13-8-6-11/h5-10,14H,4H2,1-3H3. The minimum absolute atomic E-state index is 0.0995. The van der Waals surface area contributed by atoms with Crippen LogP contribution in [-0.4, -0.2) is 23.6 Å². The summed E-state index contributed by atoms with van der Waals surface area (Å²) in [6.45, 7) is 6.02. The molecule has 2 atom stereocenters. The van der Waals surface area contributed by atoms with E-state index in [9.17, 15) is 4.79 Å². The van der Waals surface area contributed by atoms with Crippen LogP contribution in [0, 0.1) is 0 Å². The predicted octanol–water partition coefficient (Wildman–Crippen LogP) is 1.68. The van der Waals surface area contributed by atoms with E-state index in [1.54, 1.807) is 26.2 Å². The zero-order valence-electron chi connectivity index (χ0n) is 9.93. The molecule has 0 saturated carbocycles. The first-order valence-corrected chi connectivity index (χ1v) is 5.47. The zero-order chi connectivity index (χ0) is 12.0. The summed E-state index contributed by atoms with van der Waals surface area (Å²) in [7, 11) is 0. The van der Waals surface area contributed by atoms with E-state index in [1.165, 1.54) is 0 Å². The molecule has 4 nitrogen and oxygen atoms in total. The van der Waals surface area contributed by atoms with E-state index in [-0.39, 0.29) is 18.1 Å². The highest BCUT2D eigenvalue weighted by Crippen LogP contribution is 2.11. The second-order valence-corrected chi connectivity index (χ2v) is 3.64. The molecule has 0 spiro atoms. The number of hydrogen-bond acceptors (Lipinski definition) is 4. The van der Waals surface area contributed by atoms with E-state index in [0.717, 1.165) is 5.56 Å². The molecule has 88 valence electrons. The van der Waals surface area contributed by atoms with Gasteiger partial charge in [-0.1, -0.05) is 0 Å². The molecule has 16 heavy (non-hydrogen) atoms. The maximum Gasteiger partial charge on any atom is 0.322 e. The smallest absolute Gasteiger partial charge is 0.322 e. The molecule has 2 unspecified atom stereocenters. The van der Waals surface area contributed by atoms with Crippen LogP contribution in [0.5, 0.6) is 0 Å². The number of nitrogens with one attached hydrogen (secondary N) is 1. The second-order valence-electron chi connectivity index (χ2n) is 3.64. The lowest BCUT2D eigenvalue weighted by Crippen LogP contribution is -2.37. The normalized spacial score (nSPS) is 14.2. The van der Waals surface area contributed by atoms with E-state index in [0.29, 0.717) is 6.61 Å². The fourth-order valence-corrected chi connectivity index (χ4v) is 1.46. The van der Waals surface area contributed by atoms with Gasteiger partial charge in [0.1, 0.15) is 6.04 Å². The average molecular weight is 222 g/mol. The van der Waals surface area contributed by atoms with Crippen LogP contribution < -0.4 is 5.32 Å². The summed E-state index contributed by atoms with van der Waals surface area (Å²) in [5.74, 6) is -0.219. The largest absolute Gasteiger partial charge is 0.465 e. The lowest BCUT2D eigenvalue weighted by Gasteiger charge is -2.18. The topological polar surface area (TPSA) is 51.2 Å². The molecule has 1 aromatic heterocycles. The molecule has 0 amide bonds. The molecule has 0 saturated heterocycles. The van der Waals surface area contributed by atoms with E-state index >= 15 is 0 Å². The molecular formula is C12H18N2O2. The average Bonchev–Trinajstić information content (AvgIpc) is 2.30. The molecule has 0 fully saturated rings. The molecule has 0 aliphatic rings. The molecule has 1 rings (SSSR count). The molecule has 4 heteroatoms. The number of hydrogen-bond donors (Lipinski definition) is 1. The Labute approximate surface area is 96.0 Å². The Bertz CT molecular complexity index is 327. The Morgan fingerprint density at radius 2 is 2.06 bits per heavy atom. The van der Waals surface area contributed by atoms with Gasteiger partial charge in [-0.2, -0.15) is 0 Å². The van der Waals surface area contributed by atoms with Crippen molar-refractivity contribution in [2.24, 2.45) is 0 Å². The molecular weight excluding hydrogens is 204 g/mol. The van der Waals surface area contributed by atoms with E-state index in [2.05, 4.69) is 10.3 Å². The van der Waals surface area contributed by atoms with Gasteiger partial charge in [-0.25, -0.2) is 0 Å². The Morgan fingerprint density at radius 3 is 2.62 bits per heavy atom. The first kappa shape index (κ1) is 12.6. The van der Waals surface area contributed by atoms with Crippen molar-refractivity contribution in [1.29, 1.82) is 0 Å². The van der Waals surface area contributed by atoms with E-state index < -0.39 is 0 Å². The summed E-state index contributed by atoms with van der Waals surface area (Å²) >= 11 is 0.